The third-order valence-corrected chi connectivity index (χ3v) is 4.93. The molecular weight excluding hydrogens is 339 g/mol. The minimum atomic E-state index is -1.20. The maximum absolute atomic E-state index is 12.0. The Kier molecular flexibility index (Phi) is 4.68. The van der Waals surface area contributed by atoms with Crippen LogP contribution in [-0.2, 0) is 11.3 Å². The Morgan fingerprint density at radius 3 is 2.57 bits per heavy atom. The van der Waals surface area contributed by atoms with Crippen LogP contribution in [0, 0.1) is 0 Å². The molecule has 1 amide bonds. The van der Waals surface area contributed by atoms with Gasteiger partial charge in [0.25, 0.3) is 5.91 Å². The van der Waals surface area contributed by atoms with Crippen molar-refractivity contribution in [2.24, 2.45) is 0 Å². The predicted molar refractivity (Wildman–Crippen MR) is 91.2 cm³/mol. The maximum atomic E-state index is 12.0. The number of nitrogens with two attached hydrogens (primary N) is 1. The Morgan fingerprint density at radius 1 is 1.30 bits per heavy atom. The van der Waals surface area contributed by atoms with E-state index in [1.165, 1.54) is 4.90 Å². The van der Waals surface area contributed by atoms with Crippen LogP contribution in [0.4, 0.5) is 11.4 Å². The summed E-state index contributed by atoms with van der Waals surface area (Å²) in [6.07, 6.45) is -1.20. The van der Waals surface area contributed by atoms with Crippen LogP contribution in [0.3, 0.4) is 0 Å². The molecule has 8 heteroatoms. The van der Waals surface area contributed by atoms with Gasteiger partial charge >= 0.3 is 0 Å². The predicted octanol–water partition coefficient (Wildman–Crippen LogP) is 1.03. The van der Waals surface area contributed by atoms with E-state index in [0.29, 0.717) is 5.69 Å². The Morgan fingerprint density at radius 2 is 2.00 bits per heavy atom. The molecule has 1 aromatic carbocycles. The topological polar surface area (TPSA) is 81.8 Å². The Hall–Kier alpha value is -1.47. The van der Waals surface area contributed by atoms with Crippen molar-refractivity contribution in [3.8, 4) is 0 Å². The zero-order valence-corrected chi connectivity index (χ0v) is 13.9. The fraction of sp³-hybridized carbons (Fsp3) is 0.400. The van der Waals surface area contributed by atoms with Gasteiger partial charge in [-0.3, -0.25) is 4.79 Å². The summed E-state index contributed by atoms with van der Waals surface area (Å²) >= 11 is 11.6. The molecule has 2 aliphatic heterocycles. The van der Waals surface area contributed by atoms with E-state index in [1.54, 1.807) is 0 Å². The zero-order chi connectivity index (χ0) is 16.6. The molecule has 0 spiro atoms. The summed E-state index contributed by atoms with van der Waals surface area (Å²) in [7, 11) is 0. The number of nitrogen functional groups attached to an aromatic ring is 1. The molecule has 124 valence electrons. The first-order chi connectivity index (χ1) is 11.0. The van der Waals surface area contributed by atoms with E-state index < -0.39 is 12.1 Å². The van der Waals surface area contributed by atoms with E-state index >= 15 is 0 Å². The van der Waals surface area contributed by atoms with E-state index in [4.69, 9.17) is 28.9 Å². The lowest BCUT2D eigenvalue weighted by Crippen LogP contribution is -2.43. The third-order valence-electron chi connectivity index (χ3n) is 4.08. The number of nitrogens with zero attached hydrogens (tertiary/aromatic N) is 2. The number of halogens is 2. The van der Waals surface area contributed by atoms with Crippen LogP contribution in [-0.4, -0.2) is 48.3 Å². The highest BCUT2D eigenvalue weighted by Gasteiger charge is 2.36. The molecule has 1 aromatic rings. The van der Waals surface area contributed by atoms with Gasteiger partial charge in [-0.2, -0.15) is 0 Å². The van der Waals surface area contributed by atoms with Crippen molar-refractivity contribution in [3.63, 3.8) is 0 Å². The quantitative estimate of drug-likeness (QED) is 0.704. The molecule has 0 bridgehead atoms. The number of rotatable bonds is 3. The molecule has 2 heterocycles. The summed E-state index contributed by atoms with van der Waals surface area (Å²) in [6.45, 7) is 3.86. The first kappa shape index (κ1) is 16.4. The van der Waals surface area contributed by atoms with Gasteiger partial charge in [0, 0.05) is 32.7 Å². The van der Waals surface area contributed by atoms with Crippen LogP contribution in [0.15, 0.2) is 28.3 Å². The number of anilines is 2. The fourth-order valence-electron chi connectivity index (χ4n) is 2.84. The van der Waals surface area contributed by atoms with E-state index in [2.05, 4.69) is 10.2 Å². The molecule has 0 aromatic heterocycles. The highest BCUT2D eigenvalue weighted by atomic mass is 35.5. The normalized spacial score (nSPS) is 22.2. The summed E-state index contributed by atoms with van der Waals surface area (Å²) in [5.41, 5.74) is 8.60. The number of carbonyl (C=O) groups is 1. The summed E-state index contributed by atoms with van der Waals surface area (Å²) in [6, 6.07) is 5.66. The Bertz CT molecular complexity index is 659. The van der Waals surface area contributed by atoms with Crippen molar-refractivity contribution in [2.75, 3.05) is 36.8 Å². The molecule has 4 N–H and O–H groups in total. The molecule has 1 fully saturated rings. The molecule has 1 atom stereocenters. The summed E-state index contributed by atoms with van der Waals surface area (Å²) in [5.74, 6) is -0.478. The second-order valence-corrected chi connectivity index (χ2v) is 6.38. The Labute approximate surface area is 144 Å². The number of piperazine rings is 1. The molecule has 2 aliphatic rings. The van der Waals surface area contributed by atoms with Gasteiger partial charge in [-0.25, -0.2) is 0 Å². The van der Waals surface area contributed by atoms with Crippen LogP contribution in [0.2, 0.25) is 0 Å². The van der Waals surface area contributed by atoms with Crippen LogP contribution in [0.5, 0.6) is 0 Å². The lowest BCUT2D eigenvalue weighted by atomic mass is 10.1. The second kappa shape index (κ2) is 6.57. The number of carbonyl (C=O) groups excluding carboxylic acids is 1. The molecule has 0 aliphatic carbocycles. The van der Waals surface area contributed by atoms with E-state index in [0.717, 1.165) is 37.4 Å². The average molecular weight is 357 g/mol. The lowest BCUT2D eigenvalue weighted by Gasteiger charge is -2.30. The first-order valence-electron chi connectivity index (χ1n) is 7.37. The highest BCUT2D eigenvalue weighted by Crippen LogP contribution is 2.32. The van der Waals surface area contributed by atoms with E-state index in [1.807, 2.05) is 18.2 Å². The summed E-state index contributed by atoms with van der Waals surface area (Å²) in [4.78, 5) is 15.4. The van der Waals surface area contributed by atoms with Gasteiger partial charge in [0.2, 0.25) is 0 Å². The van der Waals surface area contributed by atoms with Crippen molar-refractivity contribution in [3.05, 3.63) is 33.8 Å². The van der Waals surface area contributed by atoms with Gasteiger partial charge < -0.3 is 26.0 Å². The molecule has 6 nitrogen and oxygen atoms in total. The SMILES string of the molecule is Nc1cc(CN2C(=O)C(Cl)=C(Cl)C2O)ccc1N1CCNCC1. The molecule has 0 saturated carbocycles. The molecule has 1 unspecified atom stereocenters. The van der Waals surface area contributed by atoms with Crippen LogP contribution in [0.1, 0.15) is 5.56 Å². The third kappa shape index (κ3) is 3.12. The molecular formula is C15H18Cl2N4O2. The van der Waals surface area contributed by atoms with Crippen molar-refractivity contribution >= 4 is 40.5 Å². The fourth-order valence-corrected chi connectivity index (χ4v) is 3.25. The van der Waals surface area contributed by atoms with Gasteiger partial charge in [-0.05, 0) is 17.7 Å². The van der Waals surface area contributed by atoms with Crippen molar-refractivity contribution in [1.82, 2.24) is 10.2 Å². The number of hydrogen-bond acceptors (Lipinski definition) is 5. The van der Waals surface area contributed by atoms with Gasteiger partial charge in [0.1, 0.15) is 5.03 Å². The number of nitrogens with one attached hydrogen (secondary N) is 1. The van der Waals surface area contributed by atoms with Crippen LogP contribution in [0.25, 0.3) is 0 Å². The molecule has 23 heavy (non-hydrogen) atoms. The van der Waals surface area contributed by atoms with Gasteiger partial charge in [-0.1, -0.05) is 29.3 Å². The smallest absolute Gasteiger partial charge is 0.269 e. The molecule has 0 radical (unpaired) electrons. The van der Waals surface area contributed by atoms with Crippen molar-refractivity contribution in [2.45, 2.75) is 12.8 Å². The largest absolute Gasteiger partial charge is 0.397 e. The minimum Gasteiger partial charge on any atom is -0.397 e. The maximum Gasteiger partial charge on any atom is 0.269 e. The number of aliphatic hydroxyl groups is 1. The van der Waals surface area contributed by atoms with Gasteiger partial charge in [0.05, 0.1) is 16.4 Å². The van der Waals surface area contributed by atoms with Crippen LogP contribution >= 0.6 is 23.2 Å². The second-order valence-electron chi connectivity index (χ2n) is 5.60. The van der Waals surface area contributed by atoms with Gasteiger partial charge in [-0.15, -0.1) is 0 Å². The van der Waals surface area contributed by atoms with E-state index in [9.17, 15) is 9.90 Å². The average Bonchev–Trinajstić information content (AvgIpc) is 2.74. The molecule has 1 saturated heterocycles. The first-order valence-corrected chi connectivity index (χ1v) is 8.13. The number of aliphatic hydroxyl groups excluding tert-OH is 1. The van der Waals surface area contributed by atoms with Crippen molar-refractivity contribution < 1.29 is 9.90 Å². The number of amides is 1. The zero-order valence-electron chi connectivity index (χ0n) is 12.4. The van der Waals surface area contributed by atoms with Crippen molar-refractivity contribution in [1.29, 1.82) is 0 Å². The summed E-state index contributed by atoms with van der Waals surface area (Å²) < 4.78 is 0. The number of benzene rings is 1. The van der Waals surface area contributed by atoms with Gasteiger partial charge in [0.15, 0.2) is 6.23 Å². The lowest BCUT2D eigenvalue weighted by molar-refractivity contribution is -0.132. The minimum absolute atomic E-state index is 0.0397. The Balaban J connectivity index is 1.75. The molecule has 3 rings (SSSR count). The van der Waals surface area contributed by atoms with E-state index in [-0.39, 0.29) is 16.6 Å². The summed E-state index contributed by atoms with van der Waals surface area (Å²) in [5, 5.41) is 13.1. The monoisotopic (exact) mass is 356 g/mol. The standard InChI is InChI=1S/C15H18Cl2N4O2/c16-12-13(17)15(23)21(14(12)22)8-9-1-2-11(10(18)7-9)20-5-3-19-4-6-20/h1-2,7,14,19,22H,3-6,8,18H2. The highest BCUT2D eigenvalue weighted by molar-refractivity contribution is 6.49. The van der Waals surface area contributed by atoms with Crippen LogP contribution < -0.4 is 16.0 Å². The number of hydrogen-bond donors (Lipinski definition) is 3.